The van der Waals surface area contributed by atoms with E-state index < -0.39 is 6.36 Å². The van der Waals surface area contributed by atoms with E-state index in [4.69, 9.17) is 11.6 Å². The number of halogens is 5. The monoisotopic (exact) mass is 336 g/mol. The van der Waals surface area contributed by atoms with Crippen LogP contribution in [0.2, 0.25) is 0 Å². The van der Waals surface area contributed by atoms with Crippen LogP contribution in [0.25, 0.3) is 0 Å². The first-order valence-corrected chi connectivity index (χ1v) is 5.14. The molecule has 1 aromatic rings. The Bertz CT molecular complexity index is 327. The number of benzene rings is 1. The Labute approximate surface area is 97.3 Å². The lowest BCUT2D eigenvalue weighted by molar-refractivity contribution is -0.274. The van der Waals surface area contributed by atoms with Gasteiger partial charge in [0.2, 0.25) is 0 Å². The van der Waals surface area contributed by atoms with Gasteiger partial charge < -0.3 is 4.74 Å². The summed E-state index contributed by atoms with van der Waals surface area (Å²) in [6, 6.07) is 4.40. The average molecular weight is 336 g/mol. The highest BCUT2D eigenvalue weighted by Crippen LogP contribution is 2.30. The van der Waals surface area contributed by atoms with Crippen molar-refractivity contribution in [2.45, 2.75) is 12.2 Å². The molecule has 0 radical (unpaired) electrons. The molecule has 0 N–H and O–H groups in total. The highest BCUT2D eigenvalue weighted by molar-refractivity contribution is 14.1. The molecule has 0 aromatic heterocycles. The molecule has 0 saturated carbocycles. The Morgan fingerprint density at radius 2 is 2.00 bits per heavy atom. The minimum atomic E-state index is -4.68. The molecule has 0 aliphatic rings. The zero-order valence-corrected chi connectivity index (χ0v) is 9.65. The molecule has 0 amide bonds. The predicted octanol–water partition coefficient (Wildman–Crippen LogP) is 3.93. The first-order chi connectivity index (χ1) is 6.44. The molecule has 0 saturated heterocycles. The van der Waals surface area contributed by atoms with Gasteiger partial charge in [-0.25, -0.2) is 0 Å². The van der Waals surface area contributed by atoms with Gasteiger partial charge in [0.25, 0.3) is 0 Å². The van der Waals surface area contributed by atoms with Crippen molar-refractivity contribution in [3.05, 3.63) is 27.3 Å². The van der Waals surface area contributed by atoms with Crippen LogP contribution in [0.1, 0.15) is 5.56 Å². The van der Waals surface area contributed by atoms with Crippen molar-refractivity contribution < 1.29 is 17.9 Å². The van der Waals surface area contributed by atoms with Gasteiger partial charge in [-0.2, -0.15) is 0 Å². The van der Waals surface area contributed by atoms with Crippen LogP contribution >= 0.6 is 34.2 Å². The maximum absolute atomic E-state index is 11.9. The summed E-state index contributed by atoms with van der Waals surface area (Å²) in [6.45, 7) is 0. The topological polar surface area (TPSA) is 9.23 Å². The van der Waals surface area contributed by atoms with E-state index in [9.17, 15) is 13.2 Å². The second kappa shape index (κ2) is 4.57. The van der Waals surface area contributed by atoms with E-state index in [0.29, 0.717) is 9.13 Å². The van der Waals surface area contributed by atoms with Crippen molar-refractivity contribution in [3.8, 4) is 5.75 Å². The van der Waals surface area contributed by atoms with Crippen molar-refractivity contribution in [1.29, 1.82) is 0 Å². The molecule has 0 unspecified atom stereocenters. The van der Waals surface area contributed by atoms with Gasteiger partial charge >= 0.3 is 6.36 Å². The van der Waals surface area contributed by atoms with Crippen LogP contribution in [-0.2, 0) is 5.88 Å². The molecule has 0 atom stereocenters. The van der Waals surface area contributed by atoms with Crippen molar-refractivity contribution in [2.75, 3.05) is 0 Å². The lowest BCUT2D eigenvalue weighted by Crippen LogP contribution is -2.18. The molecular weight excluding hydrogens is 331 g/mol. The van der Waals surface area contributed by atoms with Gasteiger partial charge in [-0.3, -0.25) is 0 Å². The molecular formula is C8H5ClF3IO. The molecule has 6 heteroatoms. The van der Waals surface area contributed by atoms with E-state index in [2.05, 4.69) is 4.74 Å². The number of alkyl halides is 4. The smallest absolute Gasteiger partial charge is 0.405 e. The van der Waals surface area contributed by atoms with Crippen molar-refractivity contribution in [3.63, 3.8) is 0 Å². The lowest BCUT2D eigenvalue weighted by Gasteiger charge is -2.12. The molecule has 0 heterocycles. The summed E-state index contributed by atoms with van der Waals surface area (Å²) in [5.74, 6) is -0.246. The van der Waals surface area contributed by atoms with Gasteiger partial charge in [0.1, 0.15) is 5.75 Å². The fraction of sp³-hybridized carbons (Fsp3) is 0.250. The lowest BCUT2D eigenvalue weighted by atomic mass is 10.2. The molecule has 0 aliphatic carbocycles. The van der Waals surface area contributed by atoms with Crippen LogP contribution < -0.4 is 4.74 Å². The van der Waals surface area contributed by atoms with Gasteiger partial charge in [-0.1, -0.05) is 6.07 Å². The van der Waals surface area contributed by atoms with Gasteiger partial charge in [-0.15, -0.1) is 24.8 Å². The first kappa shape index (κ1) is 11.9. The van der Waals surface area contributed by atoms with Crippen molar-refractivity contribution in [2.24, 2.45) is 0 Å². The Morgan fingerprint density at radius 3 is 2.50 bits per heavy atom. The molecule has 78 valence electrons. The van der Waals surface area contributed by atoms with E-state index >= 15 is 0 Å². The summed E-state index contributed by atoms with van der Waals surface area (Å²) in [5.41, 5.74) is 0.354. The summed E-state index contributed by atoms with van der Waals surface area (Å²) in [4.78, 5) is 0. The number of rotatable bonds is 2. The highest BCUT2D eigenvalue weighted by atomic mass is 127. The summed E-state index contributed by atoms with van der Waals surface area (Å²) in [6.07, 6.45) is -4.68. The Morgan fingerprint density at radius 1 is 1.36 bits per heavy atom. The zero-order chi connectivity index (χ0) is 10.8. The third-order valence-corrected chi connectivity index (χ3v) is 2.71. The molecule has 14 heavy (non-hydrogen) atoms. The third kappa shape index (κ3) is 3.20. The second-order valence-electron chi connectivity index (χ2n) is 2.40. The quantitative estimate of drug-likeness (QED) is 0.587. The Hall–Kier alpha value is -0.170. The maximum atomic E-state index is 11.9. The predicted molar refractivity (Wildman–Crippen MR) is 55.4 cm³/mol. The number of ether oxygens (including phenoxy) is 1. The van der Waals surface area contributed by atoms with Crippen molar-refractivity contribution in [1.82, 2.24) is 0 Å². The molecule has 0 bridgehead atoms. The highest BCUT2D eigenvalue weighted by Gasteiger charge is 2.32. The maximum Gasteiger partial charge on any atom is 0.573 e. The number of hydrogen-bond donors (Lipinski definition) is 0. The second-order valence-corrected chi connectivity index (χ2v) is 3.83. The molecule has 1 nitrogen and oxygen atoms in total. The van der Waals surface area contributed by atoms with Crippen LogP contribution in [0.4, 0.5) is 13.2 Å². The standard InChI is InChI=1S/C8H5ClF3IO/c9-4-5-6(13)2-1-3-7(5)14-8(10,11)12/h1-3H,4H2. The first-order valence-electron chi connectivity index (χ1n) is 3.53. The molecule has 1 aromatic carbocycles. The molecule has 0 fully saturated rings. The Kier molecular flexibility index (Phi) is 3.88. The van der Waals surface area contributed by atoms with Gasteiger partial charge in [-0.05, 0) is 34.7 Å². The van der Waals surface area contributed by atoms with Crippen LogP contribution in [0.5, 0.6) is 5.75 Å². The molecule has 0 spiro atoms. The Balaban J connectivity index is 3.02. The van der Waals surface area contributed by atoms with E-state index in [1.54, 1.807) is 6.07 Å². The summed E-state index contributed by atoms with van der Waals surface area (Å²) >= 11 is 7.42. The molecule has 1 rings (SSSR count). The van der Waals surface area contributed by atoms with Crippen molar-refractivity contribution >= 4 is 34.2 Å². The zero-order valence-electron chi connectivity index (χ0n) is 6.74. The van der Waals surface area contributed by atoms with E-state index in [1.165, 1.54) is 12.1 Å². The molecule has 0 aliphatic heterocycles. The fourth-order valence-corrected chi connectivity index (χ4v) is 2.05. The van der Waals surface area contributed by atoms with E-state index in [0.717, 1.165) is 0 Å². The number of hydrogen-bond acceptors (Lipinski definition) is 1. The minimum Gasteiger partial charge on any atom is -0.405 e. The normalized spacial score (nSPS) is 11.5. The fourth-order valence-electron chi connectivity index (χ4n) is 0.889. The summed E-state index contributed by atoms with van der Waals surface area (Å²) in [7, 11) is 0. The van der Waals surface area contributed by atoms with Gasteiger partial charge in [0.05, 0.1) is 5.88 Å². The van der Waals surface area contributed by atoms with Crippen LogP contribution in [0.3, 0.4) is 0 Å². The van der Waals surface area contributed by atoms with Gasteiger partial charge in [0.15, 0.2) is 0 Å². The average Bonchev–Trinajstić information content (AvgIpc) is 2.01. The summed E-state index contributed by atoms with van der Waals surface area (Å²) < 4.78 is 40.2. The third-order valence-electron chi connectivity index (χ3n) is 1.44. The van der Waals surface area contributed by atoms with Crippen LogP contribution in [0, 0.1) is 3.57 Å². The van der Waals surface area contributed by atoms with Gasteiger partial charge in [0, 0.05) is 9.13 Å². The van der Waals surface area contributed by atoms with Crippen LogP contribution in [-0.4, -0.2) is 6.36 Å². The van der Waals surface area contributed by atoms with E-state index in [1.807, 2.05) is 22.6 Å². The summed E-state index contributed by atoms with van der Waals surface area (Å²) in [5, 5.41) is 0. The SMILES string of the molecule is FC(F)(F)Oc1cccc(I)c1CCl. The van der Waals surface area contributed by atoms with Crippen LogP contribution in [0.15, 0.2) is 18.2 Å². The largest absolute Gasteiger partial charge is 0.573 e. The van der Waals surface area contributed by atoms with E-state index in [-0.39, 0.29) is 11.6 Å². The minimum absolute atomic E-state index is 0.00940.